The summed E-state index contributed by atoms with van der Waals surface area (Å²) in [7, 11) is 1.42. The summed E-state index contributed by atoms with van der Waals surface area (Å²) in [4.78, 5) is 33.6. The van der Waals surface area contributed by atoms with Gasteiger partial charge in [-0.25, -0.2) is 19.0 Å². The van der Waals surface area contributed by atoms with E-state index >= 15 is 0 Å². The predicted octanol–water partition coefficient (Wildman–Crippen LogP) is 14.3. The number of fused-ring (bicyclic) bond motifs is 7. The van der Waals surface area contributed by atoms with Crippen molar-refractivity contribution in [1.29, 1.82) is 0 Å². The van der Waals surface area contributed by atoms with Crippen LogP contribution in [0.4, 0.5) is 9.18 Å². The molecule has 8 heteroatoms. The number of alkyl halides is 1. The molecule has 1 saturated heterocycles. The Labute approximate surface area is 367 Å². The molecule has 0 aromatic heterocycles. The van der Waals surface area contributed by atoms with Gasteiger partial charge in [0.05, 0.1) is 0 Å². The van der Waals surface area contributed by atoms with Crippen LogP contribution in [0.3, 0.4) is 0 Å². The number of ether oxygens (including phenoxy) is 2. The van der Waals surface area contributed by atoms with Crippen molar-refractivity contribution in [1.82, 2.24) is 0 Å². The molecule has 2 spiro atoms. The Morgan fingerprint density at radius 1 is 0.700 bits per heavy atom. The highest BCUT2D eigenvalue weighted by atomic mass is 31.0. The van der Waals surface area contributed by atoms with Gasteiger partial charge in [0.2, 0.25) is 0 Å². The van der Waals surface area contributed by atoms with E-state index in [0.717, 1.165) is 81.5 Å². The van der Waals surface area contributed by atoms with Crippen LogP contribution in [0.25, 0.3) is 0 Å². The predicted molar refractivity (Wildman–Crippen MR) is 245 cm³/mol. The van der Waals surface area contributed by atoms with Gasteiger partial charge >= 0.3 is 6.16 Å². The normalized spacial score (nSPS) is 48.0. The van der Waals surface area contributed by atoms with Gasteiger partial charge in [0.25, 0.3) is 0 Å². The highest BCUT2D eigenvalue weighted by Gasteiger charge is 2.74. The highest BCUT2D eigenvalue weighted by molar-refractivity contribution is 7.08. The van der Waals surface area contributed by atoms with Crippen molar-refractivity contribution in [2.75, 3.05) is 6.67 Å². The number of carbonyl (C=O) groups is 1. The molecule has 10 aliphatic rings. The van der Waals surface area contributed by atoms with Crippen LogP contribution in [-0.4, -0.2) is 41.1 Å². The molecule has 2 heterocycles. The standard InChI is InChI=1S/C48H71FO5.2C2H6.H3OP/c1-6-7-8-11-32-14-17-38-37-16-13-34-30-35(19-23-44(34,3)39(37)21-24-43(32,38)2)51-42(50)52-36-20-26-46(5)41-22-25-45(4)33(12-9-10-29-49)15-18-40(45)48(41)28-27-47(46,31-36)53-54-48;3*1-2/h7-10,27-28,32-41H,6,11-26,29-31H2,1-5H3;2*1-2H3;1H,2H2/b8-7+,10-9+;;;/t32?,33?,34?,35?,36?,37?,38?,39?,40?,41?,43?,44?,45?,46?,47-,48+;;;/m0.../s1. The van der Waals surface area contributed by atoms with Crippen molar-refractivity contribution in [2.45, 2.75) is 208 Å². The summed E-state index contributed by atoms with van der Waals surface area (Å²) in [5.74, 6) is 5.38. The molecular weight excluding hydrogens is 771 g/mol. The molecule has 0 amide bonds. The van der Waals surface area contributed by atoms with E-state index < -0.39 is 17.4 Å². The summed E-state index contributed by atoms with van der Waals surface area (Å²) in [5.41, 5.74) is -0.0453. The van der Waals surface area contributed by atoms with Gasteiger partial charge in [-0.3, -0.25) is 0 Å². The lowest BCUT2D eigenvalue weighted by atomic mass is 9.43. The Bertz CT molecular complexity index is 1530. The molecular formula is C52H86FO6P. The van der Waals surface area contributed by atoms with Crippen LogP contribution in [0.2, 0.25) is 0 Å². The van der Waals surface area contributed by atoms with Crippen LogP contribution in [-0.2, 0) is 19.2 Å². The molecule has 2 bridgehead atoms. The van der Waals surface area contributed by atoms with Crippen LogP contribution in [0.15, 0.2) is 36.5 Å². The fourth-order valence-corrected chi connectivity index (χ4v) is 16.5. The average molecular weight is 857 g/mol. The summed E-state index contributed by atoms with van der Waals surface area (Å²) >= 11 is 0. The maximum absolute atomic E-state index is 13.5. The second-order valence-corrected chi connectivity index (χ2v) is 21.3. The van der Waals surface area contributed by atoms with E-state index in [1.54, 1.807) is 6.08 Å². The molecule has 0 radical (unpaired) electrons. The maximum atomic E-state index is 13.5. The van der Waals surface area contributed by atoms with Gasteiger partial charge in [0, 0.05) is 23.7 Å². The first-order valence-corrected chi connectivity index (χ1v) is 25.5. The number of rotatable bonds is 8. The van der Waals surface area contributed by atoms with E-state index in [9.17, 15) is 9.18 Å². The SMILES string of the molecule is CC.CC.CC/C=C/CC1CCC2C3CCC4CC(OC(=O)OC5CCC6(C)C7CCC8(C)C(C/C=C/CF)CCC8[C@]78C=C[C@@]6(C5)OO8)CCC4(C)C3CCC12C.OP. The minimum Gasteiger partial charge on any atom is -0.431 e. The first-order valence-electron chi connectivity index (χ1n) is 25.0. The van der Waals surface area contributed by atoms with Crippen LogP contribution < -0.4 is 0 Å². The van der Waals surface area contributed by atoms with Gasteiger partial charge in [-0.05, 0) is 183 Å². The molecule has 7 saturated carbocycles. The largest absolute Gasteiger partial charge is 0.508 e. The zero-order valence-electron chi connectivity index (χ0n) is 39.3. The number of halogens is 1. The third-order valence-corrected chi connectivity index (χ3v) is 19.6. The first-order chi connectivity index (χ1) is 28.9. The van der Waals surface area contributed by atoms with Crippen LogP contribution in [0, 0.1) is 69.0 Å². The third kappa shape index (κ3) is 7.86. The van der Waals surface area contributed by atoms with E-state index in [1.807, 2.05) is 33.8 Å². The quantitative estimate of drug-likeness (QED) is 0.113. The molecule has 0 aromatic rings. The molecule has 8 fully saturated rings. The Morgan fingerprint density at radius 2 is 1.33 bits per heavy atom. The van der Waals surface area contributed by atoms with Crippen LogP contribution in [0.5, 0.6) is 0 Å². The minimum atomic E-state index is -0.592. The molecule has 60 heavy (non-hydrogen) atoms. The van der Waals surface area contributed by atoms with E-state index in [4.69, 9.17) is 24.1 Å². The smallest absolute Gasteiger partial charge is 0.431 e. The van der Waals surface area contributed by atoms with Gasteiger partial charge < -0.3 is 14.4 Å². The minimum absolute atomic E-state index is 0.0436. The van der Waals surface area contributed by atoms with Crippen LogP contribution >= 0.6 is 9.47 Å². The van der Waals surface area contributed by atoms with E-state index in [-0.39, 0.29) is 29.7 Å². The Balaban J connectivity index is 0.000000964. The summed E-state index contributed by atoms with van der Waals surface area (Å²) in [6.45, 7) is 20.0. The second-order valence-electron chi connectivity index (χ2n) is 21.3. The average Bonchev–Trinajstić information content (AvgIpc) is 3.79. The zero-order valence-corrected chi connectivity index (χ0v) is 40.5. The fourth-order valence-electron chi connectivity index (χ4n) is 16.5. The maximum Gasteiger partial charge on any atom is 0.508 e. The lowest BCUT2D eigenvalue weighted by Gasteiger charge is -2.69. The molecule has 1 N–H and O–H groups in total. The lowest BCUT2D eigenvalue weighted by molar-refractivity contribution is -0.497. The zero-order chi connectivity index (χ0) is 43.6. The summed E-state index contributed by atoms with van der Waals surface area (Å²) < 4.78 is 25.3. The van der Waals surface area contributed by atoms with Crippen molar-refractivity contribution in [2.24, 2.45) is 69.0 Å². The second kappa shape index (κ2) is 19.5. The van der Waals surface area contributed by atoms with Crippen molar-refractivity contribution < 1.29 is 33.3 Å². The van der Waals surface area contributed by atoms with E-state index in [1.165, 1.54) is 67.3 Å². The molecule has 8 aliphatic carbocycles. The van der Waals surface area contributed by atoms with Crippen molar-refractivity contribution in [3.8, 4) is 0 Å². The lowest BCUT2D eigenvalue weighted by Crippen LogP contribution is -2.73. The van der Waals surface area contributed by atoms with Gasteiger partial charge in [-0.1, -0.05) is 92.7 Å². The summed E-state index contributed by atoms with van der Waals surface area (Å²) in [6, 6.07) is 0. The van der Waals surface area contributed by atoms with E-state index in [2.05, 4.69) is 58.9 Å². The monoisotopic (exact) mass is 857 g/mol. The van der Waals surface area contributed by atoms with Gasteiger partial charge in [-0.2, -0.15) is 0 Å². The molecule has 0 aromatic carbocycles. The number of allylic oxidation sites excluding steroid dienone is 4. The Morgan fingerprint density at radius 3 is 2.03 bits per heavy atom. The molecule has 10 rings (SSSR count). The number of hydrogen-bond acceptors (Lipinski definition) is 6. The fraction of sp³-hybridized carbons (Fsp3) is 0.865. The Hall–Kier alpha value is -1.27. The topological polar surface area (TPSA) is 74.2 Å². The number of hydrogen-bond donors (Lipinski definition) is 1. The summed E-state index contributed by atoms with van der Waals surface area (Å²) in [5, 5.41) is 0. The Kier molecular flexibility index (Phi) is 15.6. The summed E-state index contributed by atoms with van der Waals surface area (Å²) in [6.07, 6.45) is 34.2. The van der Waals surface area contributed by atoms with Gasteiger partial charge in [0.1, 0.15) is 30.1 Å². The molecule has 15 unspecified atom stereocenters. The van der Waals surface area contributed by atoms with Gasteiger partial charge in [0.15, 0.2) is 0 Å². The molecule has 342 valence electrons. The molecule has 2 aliphatic heterocycles. The van der Waals surface area contributed by atoms with Crippen molar-refractivity contribution in [3.63, 3.8) is 0 Å². The van der Waals surface area contributed by atoms with Crippen molar-refractivity contribution >= 4 is 15.6 Å². The van der Waals surface area contributed by atoms with Crippen LogP contribution in [0.1, 0.15) is 184 Å². The number of carbonyl (C=O) groups excluding carboxylic acids is 1. The van der Waals surface area contributed by atoms with Gasteiger partial charge in [-0.15, -0.1) is 0 Å². The third-order valence-electron chi connectivity index (χ3n) is 19.6. The molecule has 17 atom stereocenters. The first kappa shape index (κ1) is 48.2. The molecule has 6 nitrogen and oxygen atoms in total. The van der Waals surface area contributed by atoms with Crippen molar-refractivity contribution in [3.05, 3.63) is 36.5 Å². The highest BCUT2D eigenvalue weighted by Crippen LogP contribution is 2.73. The van der Waals surface area contributed by atoms with E-state index in [0.29, 0.717) is 40.9 Å².